The average molecular weight is 559 g/mol. The van der Waals surface area contributed by atoms with Crippen LogP contribution in [-0.2, 0) is 4.74 Å². The van der Waals surface area contributed by atoms with Gasteiger partial charge >= 0.3 is 6.09 Å². The highest BCUT2D eigenvalue weighted by atomic mass is 16.6. The highest BCUT2D eigenvalue weighted by molar-refractivity contribution is 6.07. The number of ether oxygens (including phenoxy) is 1. The molecule has 0 spiro atoms. The van der Waals surface area contributed by atoms with E-state index in [0.717, 1.165) is 12.8 Å². The summed E-state index contributed by atoms with van der Waals surface area (Å²) >= 11 is 0. The van der Waals surface area contributed by atoms with Gasteiger partial charge in [0.1, 0.15) is 17.7 Å². The van der Waals surface area contributed by atoms with Crippen LogP contribution in [0.2, 0.25) is 0 Å². The van der Waals surface area contributed by atoms with Crippen molar-refractivity contribution in [3.8, 4) is 17.1 Å². The van der Waals surface area contributed by atoms with Gasteiger partial charge in [-0.25, -0.2) is 19.4 Å². The van der Waals surface area contributed by atoms with Crippen molar-refractivity contribution < 1.29 is 23.5 Å². The molecule has 0 saturated heterocycles. The molecule has 0 unspecified atom stereocenters. The lowest BCUT2D eigenvalue weighted by atomic mass is 10.2. The minimum atomic E-state index is -0.819. The van der Waals surface area contributed by atoms with Gasteiger partial charge in [0.25, 0.3) is 11.8 Å². The van der Waals surface area contributed by atoms with Gasteiger partial charge in [-0.3, -0.25) is 14.5 Å². The molecule has 41 heavy (non-hydrogen) atoms. The Bertz CT molecular complexity index is 1600. The number of nitrogens with two attached hydrogens (primary N) is 2. The maximum Gasteiger partial charge on any atom is 0.416 e. The number of primary amides is 1. The minimum absolute atomic E-state index is 0.0454. The van der Waals surface area contributed by atoms with Crippen LogP contribution in [0.15, 0.2) is 59.5 Å². The molecule has 13 heteroatoms. The number of carbonyl (C=O) groups is 3. The largest absolute Gasteiger partial charge is 0.444 e. The van der Waals surface area contributed by atoms with Crippen LogP contribution in [0.3, 0.4) is 0 Å². The number of anilines is 3. The van der Waals surface area contributed by atoms with Gasteiger partial charge in [0.15, 0.2) is 11.4 Å². The Labute approximate surface area is 235 Å². The third-order valence-corrected chi connectivity index (χ3v) is 6.11. The molecule has 13 nitrogen and oxygen atoms in total. The number of oxazole rings is 1. The molecule has 212 valence electrons. The molecule has 3 aromatic heterocycles. The average Bonchev–Trinajstić information content (AvgIpc) is 3.41. The van der Waals surface area contributed by atoms with Crippen molar-refractivity contribution in [2.75, 3.05) is 22.5 Å². The molecule has 3 heterocycles. The summed E-state index contributed by atoms with van der Waals surface area (Å²) in [6.07, 6.45) is 5.76. The number of nitrogen functional groups attached to an aromatic ring is 1. The lowest BCUT2D eigenvalue weighted by Gasteiger charge is -2.27. The molecular formula is C28H30N8O5. The first-order chi connectivity index (χ1) is 19.5. The Hall–Kier alpha value is -5.20. The fourth-order valence-corrected chi connectivity index (χ4v) is 3.94. The SMILES string of the molecule is CC(C)(C)OC(=O)N(CC1CC1)c1cc(-c2nc(C(=O)Nc3cn(-c4ccc(N)cc4)nc3C(N)=O)co2)ccn1. The number of nitrogens with one attached hydrogen (secondary N) is 1. The van der Waals surface area contributed by atoms with Crippen LogP contribution < -0.4 is 21.7 Å². The van der Waals surface area contributed by atoms with E-state index in [2.05, 4.69) is 20.4 Å². The van der Waals surface area contributed by atoms with Crippen molar-refractivity contribution in [1.82, 2.24) is 19.7 Å². The molecule has 5 rings (SSSR count). The Balaban J connectivity index is 1.36. The molecule has 0 aliphatic heterocycles. The highest BCUT2D eigenvalue weighted by Gasteiger charge is 2.31. The topological polar surface area (TPSA) is 184 Å². The molecule has 4 aromatic rings. The number of benzene rings is 1. The number of hydrogen-bond donors (Lipinski definition) is 3. The Morgan fingerprint density at radius 3 is 2.56 bits per heavy atom. The van der Waals surface area contributed by atoms with Gasteiger partial charge in [-0.2, -0.15) is 5.10 Å². The lowest BCUT2D eigenvalue weighted by molar-refractivity contribution is 0.0577. The Kier molecular flexibility index (Phi) is 7.18. The van der Waals surface area contributed by atoms with Gasteiger partial charge in [0.05, 0.1) is 17.6 Å². The smallest absolute Gasteiger partial charge is 0.416 e. The van der Waals surface area contributed by atoms with Gasteiger partial charge in [0, 0.05) is 24.0 Å². The van der Waals surface area contributed by atoms with Crippen LogP contribution in [0.1, 0.15) is 54.6 Å². The van der Waals surface area contributed by atoms with Crippen LogP contribution in [-0.4, -0.2) is 49.8 Å². The first-order valence-electron chi connectivity index (χ1n) is 13.0. The van der Waals surface area contributed by atoms with Gasteiger partial charge < -0.3 is 25.9 Å². The first-order valence-corrected chi connectivity index (χ1v) is 13.0. The van der Waals surface area contributed by atoms with Crippen molar-refractivity contribution in [3.63, 3.8) is 0 Å². The number of pyridine rings is 1. The fourth-order valence-electron chi connectivity index (χ4n) is 3.94. The zero-order chi connectivity index (χ0) is 29.3. The first kappa shape index (κ1) is 27.4. The molecule has 0 radical (unpaired) electrons. The van der Waals surface area contributed by atoms with Crippen LogP contribution >= 0.6 is 0 Å². The quantitative estimate of drug-likeness (QED) is 0.269. The second kappa shape index (κ2) is 10.8. The summed E-state index contributed by atoms with van der Waals surface area (Å²) in [6, 6.07) is 10.1. The van der Waals surface area contributed by atoms with Crippen LogP contribution in [0.25, 0.3) is 17.1 Å². The summed E-state index contributed by atoms with van der Waals surface area (Å²) in [5.74, 6) is -0.547. The van der Waals surface area contributed by atoms with Gasteiger partial charge in [-0.05, 0) is 75.9 Å². The number of hydrogen-bond acceptors (Lipinski definition) is 9. The summed E-state index contributed by atoms with van der Waals surface area (Å²) < 4.78 is 12.6. The predicted molar refractivity (Wildman–Crippen MR) is 150 cm³/mol. The van der Waals surface area contributed by atoms with E-state index in [1.54, 1.807) is 57.2 Å². The van der Waals surface area contributed by atoms with E-state index >= 15 is 0 Å². The second-order valence-corrected chi connectivity index (χ2v) is 10.7. The molecule has 1 aliphatic carbocycles. The zero-order valence-corrected chi connectivity index (χ0v) is 22.8. The fraction of sp³-hybridized carbons (Fsp3) is 0.286. The van der Waals surface area contributed by atoms with E-state index in [1.165, 1.54) is 28.2 Å². The van der Waals surface area contributed by atoms with Crippen molar-refractivity contribution >= 4 is 35.1 Å². The minimum Gasteiger partial charge on any atom is -0.444 e. The number of carbonyl (C=O) groups excluding carboxylic acids is 3. The second-order valence-electron chi connectivity index (χ2n) is 10.7. The van der Waals surface area contributed by atoms with E-state index in [4.69, 9.17) is 20.6 Å². The lowest BCUT2D eigenvalue weighted by Crippen LogP contribution is -2.38. The molecule has 1 aromatic carbocycles. The Morgan fingerprint density at radius 2 is 1.90 bits per heavy atom. The number of aromatic nitrogens is 4. The van der Waals surface area contributed by atoms with Crippen LogP contribution in [0.4, 0.5) is 22.0 Å². The van der Waals surface area contributed by atoms with Gasteiger partial charge in [-0.1, -0.05) is 0 Å². The maximum atomic E-state index is 13.0. The summed E-state index contributed by atoms with van der Waals surface area (Å²) in [5, 5.41) is 6.81. The van der Waals surface area contributed by atoms with E-state index in [9.17, 15) is 14.4 Å². The molecule has 1 aliphatic rings. The van der Waals surface area contributed by atoms with E-state index in [1.807, 2.05) is 0 Å². The Morgan fingerprint density at radius 1 is 1.17 bits per heavy atom. The molecule has 5 N–H and O–H groups in total. The van der Waals surface area contributed by atoms with Crippen LogP contribution in [0, 0.1) is 5.92 Å². The van der Waals surface area contributed by atoms with E-state index < -0.39 is 23.5 Å². The molecule has 1 saturated carbocycles. The van der Waals surface area contributed by atoms with Gasteiger partial charge in [0.2, 0.25) is 5.89 Å². The zero-order valence-electron chi connectivity index (χ0n) is 22.8. The van der Waals surface area contributed by atoms with Crippen LogP contribution in [0.5, 0.6) is 0 Å². The number of amides is 3. The molecular weight excluding hydrogens is 528 g/mol. The normalized spacial score (nSPS) is 13.0. The molecule has 0 atom stereocenters. The van der Waals surface area contributed by atoms with Gasteiger partial charge in [-0.15, -0.1) is 0 Å². The molecule has 1 fully saturated rings. The maximum absolute atomic E-state index is 13.0. The van der Waals surface area contributed by atoms with Crippen molar-refractivity contribution in [2.24, 2.45) is 11.7 Å². The highest BCUT2D eigenvalue weighted by Crippen LogP contribution is 2.33. The number of nitrogens with zero attached hydrogens (tertiary/aromatic N) is 5. The standard InChI is InChI=1S/C28H30N8O5/c1-28(2,3)41-27(39)35(13-16-4-5-16)22-12-17(10-11-31-22)26-33-21(15-40-26)25(38)32-20-14-36(34-23(20)24(30)37)19-8-6-18(29)7-9-19/h6-12,14-16H,4-5,13,29H2,1-3H3,(H2,30,37)(H,32,38). The predicted octanol–water partition coefficient (Wildman–Crippen LogP) is 4.01. The van der Waals surface area contributed by atoms with E-state index in [0.29, 0.717) is 35.2 Å². The monoisotopic (exact) mass is 558 g/mol. The summed E-state index contributed by atoms with van der Waals surface area (Å²) in [6.45, 7) is 5.90. The summed E-state index contributed by atoms with van der Waals surface area (Å²) in [5.41, 5.74) is 12.2. The van der Waals surface area contributed by atoms with Crippen molar-refractivity contribution in [1.29, 1.82) is 0 Å². The third kappa shape index (κ3) is 6.52. The third-order valence-electron chi connectivity index (χ3n) is 6.11. The molecule has 0 bridgehead atoms. The molecule has 3 amide bonds. The van der Waals surface area contributed by atoms with Crippen molar-refractivity contribution in [2.45, 2.75) is 39.2 Å². The van der Waals surface area contributed by atoms with E-state index in [-0.39, 0.29) is 23.0 Å². The van der Waals surface area contributed by atoms with Crippen molar-refractivity contribution in [3.05, 3.63) is 66.4 Å². The summed E-state index contributed by atoms with van der Waals surface area (Å²) in [4.78, 5) is 48.2. The number of rotatable bonds is 8. The summed E-state index contributed by atoms with van der Waals surface area (Å²) in [7, 11) is 0.